The van der Waals surface area contributed by atoms with Crippen molar-refractivity contribution in [3.8, 4) is 0 Å². The van der Waals surface area contributed by atoms with E-state index in [0.717, 1.165) is 5.56 Å². The molecule has 1 saturated heterocycles. The molecule has 28 heavy (non-hydrogen) atoms. The molecule has 1 fully saturated rings. The molecule has 0 aromatic heterocycles. The van der Waals surface area contributed by atoms with Gasteiger partial charge in [0.1, 0.15) is 0 Å². The molecule has 2 aromatic carbocycles. The fourth-order valence-electron chi connectivity index (χ4n) is 2.89. The normalized spacial score (nSPS) is 16.1. The van der Waals surface area contributed by atoms with Crippen LogP contribution in [-0.4, -0.2) is 56.8 Å². The fraction of sp³-hybridized carbons (Fsp3) is 0.316. The molecule has 6 nitrogen and oxygen atoms in total. The number of aryl methyl sites for hydroxylation is 1. The van der Waals surface area contributed by atoms with Gasteiger partial charge in [0.05, 0.1) is 15.5 Å². The number of anilines is 1. The second-order valence-corrected chi connectivity index (χ2v) is 9.52. The molecular weight excluding hydrogens is 421 g/mol. The fourth-order valence-corrected chi connectivity index (χ4v) is 4.72. The number of carbonyl (C=O) groups is 1. The molecule has 9 heteroatoms. The van der Waals surface area contributed by atoms with E-state index in [2.05, 4.69) is 10.2 Å². The smallest absolute Gasteiger partial charge is 0.257 e. The Morgan fingerprint density at radius 2 is 1.68 bits per heavy atom. The molecule has 1 aliphatic heterocycles. The molecule has 1 N–H and O–H groups in total. The van der Waals surface area contributed by atoms with E-state index >= 15 is 0 Å². The Bertz CT molecular complexity index is 1000. The van der Waals surface area contributed by atoms with Crippen LogP contribution in [0, 0.1) is 6.92 Å². The second-order valence-electron chi connectivity index (χ2n) is 6.77. The van der Waals surface area contributed by atoms with Crippen molar-refractivity contribution in [2.24, 2.45) is 0 Å². The number of amides is 1. The standard InChI is InChI=1S/C19H21Cl2N3O3S/c1-13-3-4-14(11-18(13)21)22-19(25)16-12-15(5-6-17(16)20)28(26,27)24-9-7-23(2)8-10-24/h3-6,11-12H,7-10H2,1-2H3,(H,22,25). The highest BCUT2D eigenvalue weighted by molar-refractivity contribution is 7.89. The Morgan fingerprint density at radius 1 is 1.00 bits per heavy atom. The van der Waals surface area contributed by atoms with Gasteiger partial charge in [0, 0.05) is 36.9 Å². The van der Waals surface area contributed by atoms with Gasteiger partial charge < -0.3 is 10.2 Å². The van der Waals surface area contributed by atoms with Crippen molar-refractivity contribution in [2.45, 2.75) is 11.8 Å². The molecule has 0 radical (unpaired) electrons. The Hall–Kier alpha value is -1.64. The predicted molar refractivity (Wildman–Crippen MR) is 112 cm³/mol. The van der Waals surface area contributed by atoms with Crippen LogP contribution in [0.5, 0.6) is 0 Å². The van der Waals surface area contributed by atoms with Crippen LogP contribution in [0.2, 0.25) is 10.0 Å². The molecule has 0 saturated carbocycles. The first-order valence-electron chi connectivity index (χ1n) is 8.74. The molecule has 2 aromatic rings. The van der Waals surface area contributed by atoms with Crippen LogP contribution in [0.3, 0.4) is 0 Å². The first-order chi connectivity index (χ1) is 13.2. The number of rotatable bonds is 4. The molecule has 1 amide bonds. The largest absolute Gasteiger partial charge is 0.322 e. The summed E-state index contributed by atoms with van der Waals surface area (Å²) in [6.45, 7) is 4.00. The van der Waals surface area contributed by atoms with Crippen molar-refractivity contribution in [3.63, 3.8) is 0 Å². The summed E-state index contributed by atoms with van der Waals surface area (Å²) in [7, 11) is -1.75. The minimum atomic E-state index is -3.70. The summed E-state index contributed by atoms with van der Waals surface area (Å²) in [6, 6.07) is 9.32. The monoisotopic (exact) mass is 441 g/mol. The third-order valence-corrected chi connectivity index (χ3v) is 7.34. The number of nitrogens with zero attached hydrogens (tertiary/aromatic N) is 2. The van der Waals surface area contributed by atoms with E-state index in [0.29, 0.717) is 36.9 Å². The molecular formula is C19H21Cl2N3O3S. The average molecular weight is 442 g/mol. The number of carbonyl (C=O) groups excluding carboxylic acids is 1. The van der Waals surface area contributed by atoms with Crippen LogP contribution >= 0.6 is 23.2 Å². The van der Waals surface area contributed by atoms with Crippen LogP contribution in [0.1, 0.15) is 15.9 Å². The van der Waals surface area contributed by atoms with Gasteiger partial charge in [-0.3, -0.25) is 4.79 Å². The number of hydrogen-bond donors (Lipinski definition) is 1. The zero-order chi connectivity index (χ0) is 20.5. The highest BCUT2D eigenvalue weighted by atomic mass is 35.5. The SMILES string of the molecule is Cc1ccc(NC(=O)c2cc(S(=O)(=O)N3CCN(C)CC3)ccc2Cl)cc1Cl. The summed E-state index contributed by atoms with van der Waals surface area (Å²) in [6.07, 6.45) is 0. The number of halogens is 2. The lowest BCUT2D eigenvalue weighted by Crippen LogP contribution is -2.47. The maximum absolute atomic E-state index is 12.9. The Labute approximate surface area is 175 Å². The van der Waals surface area contributed by atoms with Gasteiger partial charge in [0.15, 0.2) is 0 Å². The van der Waals surface area contributed by atoms with Crippen molar-refractivity contribution < 1.29 is 13.2 Å². The number of hydrogen-bond acceptors (Lipinski definition) is 4. The van der Waals surface area contributed by atoms with E-state index in [-0.39, 0.29) is 15.5 Å². The van der Waals surface area contributed by atoms with Gasteiger partial charge in [-0.1, -0.05) is 29.3 Å². The predicted octanol–water partition coefficient (Wildman–Crippen LogP) is 3.49. The van der Waals surface area contributed by atoms with Crippen molar-refractivity contribution in [1.29, 1.82) is 0 Å². The Kier molecular flexibility index (Phi) is 6.31. The summed E-state index contributed by atoms with van der Waals surface area (Å²) in [5.41, 5.74) is 1.48. The van der Waals surface area contributed by atoms with Crippen LogP contribution in [0.25, 0.3) is 0 Å². The molecule has 1 heterocycles. The van der Waals surface area contributed by atoms with Crippen LogP contribution in [-0.2, 0) is 10.0 Å². The third kappa shape index (κ3) is 4.50. The van der Waals surface area contributed by atoms with Crippen LogP contribution in [0.15, 0.2) is 41.3 Å². The van der Waals surface area contributed by atoms with Crippen molar-refractivity contribution in [3.05, 3.63) is 57.6 Å². The highest BCUT2D eigenvalue weighted by Crippen LogP contribution is 2.26. The lowest BCUT2D eigenvalue weighted by Gasteiger charge is -2.31. The van der Waals surface area contributed by atoms with Gasteiger partial charge in [-0.2, -0.15) is 4.31 Å². The molecule has 0 atom stereocenters. The maximum atomic E-state index is 12.9. The molecule has 150 valence electrons. The number of benzene rings is 2. The van der Waals surface area contributed by atoms with Gasteiger partial charge in [0.25, 0.3) is 5.91 Å². The highest BCUT2D eigenvalue weighted by Gasteiger charge is 2.28. The summed E-state index contributed by atoms with van der Waals surface area (Å²) in [4.78, 5) is 14.8. The van der Waals surface area contributed by atoms with E-state index < -0.39 is 15.9 Å². The van der Waals surface area contributed by atoms with E-state index in [1.54, 1.807) is 18.2 Å². The number of nitrogens with one attached hydrogen (secondary N) is 1. The Morgan fingerprint density at radius 3 is 2.32 bits per heavy atom. The third-order valence-electron chi connectivity index (χ3n) is 4.71. The van der Waals surface area contributed by atoms with Gasteiger partial charge in [0.2, 0.25) is 10.0 Å². The van der Waals surface area contributed by atoms with Gasteiger partial charge in [-0.15, -0.1) is 0 Å². The Balaban J connectivity index is 1.86. The summed E-state index contributed by atoms with van der Waals surface area (Å²) in [5.74, 6) is -0.500. The van der Waals surface area contributed by atoms with Gasteiger partial charge >= 0.3 is 0 Å². The molecule has 0 unspecified atom stereocenters. The van der Waals surface area contributed by atoms with E-state index in [1.807, 2.05) is 14.0 Å². The van der Waals surface area contributed by atoms with E-state index in [9.17, 15) is 13.2 Å². The lowest BCUT2D eigenvalue weighted by molar-refractivity contribution is 0.102. The van der Waals surface area contributed by atoms with E-state index in [4.69, 9.17) is 23.2 Å². The van der Waals surface area contributed by atoms with Crippen LogP contribution in [0.4, 0.5) is 5.69 Å². The van der Waals surface area contributed by atoms with Crippen molar-refractivity contribution in [1.82, 2.24) is 9.21 Å². The lowest BCUT2D eigenvalue weighted by atomic mass is 10.2. The quantitative estimate of drug-likeness (QED) is 0.787. The molecule has 0 spiro atoms. The molecule has 1 aliphatic rings. The molecule has 0 aliphatic carbocycles. The minimum absolute atomic E-state index is 0.0496. The van der Waals surface area contributed by atoms with Crippen molar-refractivity contribution in [2.75, 3.05) is 38.5 Å². The number of piperazine rings is 1. The summed E-state index contributed by atoms with van der Waals surface area (Å²) >= 11 is 12.3. The second kappa shape index (κ2) is 8.39. The summed E-state index contributed by atoms with van der Waals surface area (Å²) in [5, 5.41) is 3.41. The zero-order valence-corrected chi connectivity index (χ0v) is 17.9. The van der Waals surface area contributed by atoms with E-state index in [1.165, 1.54) is 22.5 Å². The zero-order valence-electron chi connectivity index (χ0n) is 15.6. The van der Waals surface area contributed by atoms with Gasteiger partial charge in [-0.05, 0) is 49.9 Å². The average Bonchev–Trinajstić information content (AvgIpc) is 2.65. The molecule has 0 bridgehead atoms. The molecule has 3 rings (SSSR count). The van der Waals surface area contributed by atoms with Gasteiger partial charge in [-0.25, -0.2) is 8.42 Å². The number of sulfonamides is 1. The minimum Gasteiger partial charge on any atom is -0.322 e. The number of likely N-dealkylation sites (N-methyl/N-ethyl adjacent to an activating group) is 1. The first kappa shape index (κ1) is 21.1. The topological polar surface area (TPSA) is 69.7 Å². The summed E-state index contributed by atoms with van der Waals surface area (Å²) < 4.78 is 27.3. The van der Waals surface area contributed by atoms with Crippen LogP contribution < -0.4 is 5.32 Å². The van der Waals surface area contributed by atoms with Crippen molar-refractivity contribution >= 4 is 44.8 Å². The maximum Gasteiger partial charge on any atom is 0.257 e. The first-order valence-corrected chi connectivity index (χ1v) is 10.9.